The van der Waals surface area contributed by atoms with E-state index in [1.165, 1.54) is 16.1 Å². The van der Waals surface area contributed by atoms with Gasteiger partial charge in [-0.3, -0.25) is 9.69 Å². The summed E-state index contributed by atoms with van der Waals surface area (Å²) in [7, 11) is 3.36. The number of hydrogen-bond donors (Lipinski definition) is 1. The molecular formula is C13H20N4O5. The molecule has 1 unspecified atom stereocenters. The zero-order chi connectivity index (χ0) is 16.3. The molecule has 0 saturated carbocycles. The molecule has 1 aromatic rings. The topological polar surface area (TPSA) is 97.1 Å². The number of anilines is 1. The van der Waals surface area contributed by atoms with Gasteiger partial charge in [0.05, 0.1) is 19.5 Å². The van der Waals surface area contributed by atoms with E-state index in [2.05, 4.69) is 4.98 Å². The Hall–Kier alpha value is -2.13. The highest BCUT2D eigenvalue weighted by molar-refractivity contribution is 5.99. The maximum atomic E-state index is 12.4. The largest absolute Gasteiger partial charge is 0.464 e. The van der Waals surface area contributed by atoms with Crippen molar-refractivity contribution in [2.45, 2.75) is 13.3 Å². The van der Waals surface area contributed by atoms with Crippen molar-refractivity contribution in [1.82, 2.24) is 14.5 Å². The number of hydrogen-bond acceptors (Lipinski definition) is 7. The normalized spacial score (nSPS) is 17.6. The van der Waals surface area contributed by atoms with Gasteiger partial charge in [0, 0.05) is 20.6 Å². The Labute approximate surface area is 128 Å². The lowest BCUT2D eigenvalue weighted by Crippen LogP contribution is -2.55. The van der Waals surface area contributed by atoms with Crippen molar-refractivity contribution in [3.8, 4) is 0 Å². The Morgan fingerprint density at radius 1 is 1.45 bits per heavy atom. The van der Waals surface area contributed by atoms with E-state index in [1.54, 1.807) is 25.6 Å². The van der Waals surface area contributed by atoms with E-state index in [1.807, 2.05) is 0 Å². The quantitative estimate of drug-likeness (QED) is 0.541. The van der Waals surface area contributed by atoms with Gasteiger partial charge >= 0.3 is 5.97 Å². The highest BCUT2D eigenvalue weighted by Crippen LogP contribution is 2.26. The first-order chi connectivity index (χ1) is 10.5. The number of carbonyl (C=O) groups excluding carboxylic acids is 2. The van der Waals surface area contributed by atoms with Crippen molar-refractivity contribution in [3.05, 3.63) is 12.0 Å². The van der Waals surface area contributed by atoms with Crippen LogP contribution in [-0.2, 0) is 21.3 Å². The second-order valence-corrected chi connectivity index (χ2v) is 4.84. The molecule has 122 valence electrons. The van der Waals surface area contributed by atoms with Crippen LogP contribution in [0.4, 0.5) is 5.82 Å². The van der Waals surface area contributed by atoms with Gasteiger partial charge in [-0.05, 0) is 6.92 Å². The number of aromatic nitrogens is 2. The highest BCUT2D eigenvalue weighted by Gasteiger charge is 2.37. The van der Waals surface area contributed by atoms with Crippen LogP contribution in [0.1, 0.15) is 17.4 Å². The van der Waals surface area contributed by atoms with Crippen molar-refractivity contribution >= 4 is 17.7 Å². The smallest absolute Gasteiger partial charge is 0.332 e. The highest BCUT2D eigenvalue weighted by atomic mass is 16.6. The lowest BCUT2D eigenvalue weighted by Gasteiger charge is -2.38. The number of rotatable bonds is 6. The first-order valence-electron chi connectivity index (χ1n) is 6.94. The molecule has 1 aliphatic heterocycles. The molecule has 9 heteroatoms. The number of aliphatic hydroxyl groups excluding tert-OH is 1. The second kappa shape index (κ2) is 6.75. The summed E-state index contributed by atoms with van der Waals surface area (Å²) in [5.74, 6) is -0.358. The molecule has 0 fully saturated rings. The zero-order valence-corrected chi connectivity index (χ0v) is 12.9. The van der Waals surface area contributed by atoms with Crippen LogP contribution < -0.4 is 4.90 Å². The van der Waals surface area contributed by atoms with Gasteiger partial charge < -0.3 is 24.0 Å². The van der Waals surface area contributed by atoms with Crippen molar-refractivity contribution < 1.29 is 24.2 Å². The molecule has 1 aliphatic rings. The molecule has 0 aromatic carbocycles. The van der Waals surface area contributed by atoms with Gasteiger partial charge in [-0.25, -0.2) is 9.78 Å². The van der Waals surface area contributed by atoms with Crippen LogP contribution >= 0.6 is 0 Å². The summed E-state index contributed by atoms with van der Waals surface area (Å²) in [5, 5.41) is 10.2. The number of carbonyl (C=O) groups is 2. The molecule has 1 aromatic heterocycles. The molecule has 2 heterocycles. The van der Waals surface area contributed by atoms with E-state index in [9.17, 15) is 14.7 Å². The first-order valence-corrected chi connectivity index (χ1v) is 6.94. The summed E-state index contributed by atoms with van der Waals surface area (Å²) in [4.78, 5) is 30.4. The van der Waals surface area contributed by atoms with E-state index in [0.717, 1.165) is 0 Å². The van der Waals surface area contributed by atoms with Crippen LogP contribution in [0.25, 0.3) is 0 Å². The van der Waals surface area contributed by atoms with Crippen molar-refractivity contribution in [2.75, 3.05) is 38.3 Å². The van der Waals surface area contributed by atoms with Crippen molar-refractivity contribution in [1.29, 1.82) is 0 Å². The van der Waals surface area contributed by atoms with Crippen LogP contribution in [0.15, 0.2) is 6.33 Å². The minimum absolute atomic E-state index is 0.114. The van der Waals surface area contributed by atoms with E-state index < -0.39 is 12.3 Å². The van der Waals surface area contributed by atoms with E-state index in [-0.39, 0.29) is 25.7 Å². The molecule has 0 spiro atoms. The number of esters is 1. The monoisotopic (exact) mass is 312 g/mol. The van der Waals surface area contributed by atoms with Crippen molar-refractivity contribution in [2.24, 2.45) is 7.05 Å². The zero-order valence-electron chi connectivity index (χ0n) is 12.9. The van der Waals surface area contributed by atoms with Crippen LogP contribution in [0, 0.1) is 0 Å². The fourth-order valence-electron chi connectivity index (χ4n) is 2.22. The van der Waals surface area contributed by atoms with E-state index in [4.69, 9.17) is 9.47 Å². The van der Waals surface area contributed by atoms with E-state index >= 15 is 0 Å². The number of fused-ring (bicyclic) bond motifs is 1. The van der Waals surface area contributed by atoms with Gasteiger partial charge in [0.1, 0.15) is 6.61 Å². The number of nitrogens with zero attached hydrogens (tertiary/aromatic N) is 4. The third-order valence-corrected chi connectivity index (χ3v) is 3.34. The molecule has 1 N–H and O–H groups in total. The number of amides is 1. The summed E-state index contributed by atoms with van der Waals surface area (Å²) < 4.78 is 11.5. The van der Waals surface area contributed by atoms with Gasteiger partial charge in [-0.15, -0.1) is 0 Å². The first kappa shape index (κ1) is 16.2. The Bertz CT molecular complexity index is 559. The van der Waals surface area contributed by atoms with Crippen LogP contribution in [-0.4, -0.2) is 71.2 Å². The molecular weight excluding hydrogens is 292 g/mol. The Morgan fingerprint density at radius 2 is 2.18 bits per heavy atom. The van der Waals surface area contributed by atoms with Gasteiger partial charge in [0.15, 0.2) is 11.5 Å². The standard InChI is InChI=1S/C13H20N4O5/c1-4-22-9(18)7-21-6-5-17-12(19)10-11(14-8-15(10)2)16(3)13(17)20/h8,13,20H,4-7H2,1-3H3. The number of aliphatic hydroxyl groups is 1. The SMILES string of the molecule is CCOC(=O)COCCN1C(=O)c2c(ncn2C)N(C)C1O. The van der Waals surface area contributed by atoms with Gasteiger partial charge in [0.2, 0.25) is 6.35 Å². The molecule has 0 aliphatic carbocycles. The summed E-state index contributed by atoms with van der Waals surface area (Å²) >= 11 is 0. The maximum Gasteiger partial charge on any atom is 0.332 e. The molecule has 0 bridgehead atoms. The lowest BCUT2D eigenvalue weighted by molar-refractivity contribution is -0.148. The average molecular weight is 312 g/mol. The number of imidazole rings is 1. The predicted octanol–water partition coefficient (Wildman–Crippen LogP) is -0.832. The minimum atomic E-state index is -1.12. The van der Waals surface area contributed by atoms with Crippen LogP contribution in [0.2, 0.25) is 0 Å². The lowest BCUT2D eigenvalue weighted by atomic mass is 10.2. The number of aryl methyl sites for hydroxylation is 1. The molecule has 1 amide bonds. The summed E-state index contributed by atoms with van der Waals surface area (Å²) in [6.07, 6.45) is 0.396. The van der Waals surface area contributed by atoms with E-state index in [0.29, 0.717) is 18.1 Å². The Morgan fingerprint density at radius 3 is 2.86 bits per heavy atom. The Kier molecular flexibility index (Phi) is 4.99. The Balaban J connectivity index is 1.96. The van der Waals surface area contributed by atoms with Crippen LogP contribution in [0.5, 0.6) is 0 Å². The van der Waals surface area contributed by atoms with Crippen molar-refractivity contribution in [3.63, 3.8) is 0 Å². The minimum Gasteiger partial charge on any atom is -0.464 e. The molecule has 0 saturated heterocycles. The second-order valence-electron chi connectivity index (χ2n) is 4.84. The molecule has 2 rings (SSSR count). The average Bonchev–Trinajstić information content (AvgIpc) is 2.86. The fourth-order valence-corrected chi connectivity index (χ4v) is 2.22. The molecule has 9 nitrogen and oxygen atoms in total. The van der Waals surface area contributed by atoms with Crippen LogP contribution in [0.3, 0.4) is 0 Å². The maximum absolute atomic E-state index is 12.4. The summed E-state index contributed by atoms with van der Waals surface area (Å²) in [5.41, 5.74) is 0.401. The molecule has 22 heavy (non-hydrogen) atoms. The van der Waals surface area contributed by atoms with Gasteiger partial charge in [0.25, 0.3) is 5.91 Å². The van der Waals surface area contributed by atoms with Gasteiger partial charge in [-0.1, -0.05) is 0 Å². The summed E-state index contributed by atoms with van der Waals surface area (Å²) in [6.45, 7) is 2.08. The predicted molar refractivity (Wildman–Crippen MR) is 76.1 cm³/mol. The number of ether oxygens (including phenoxy) is 2. The summed E-state index contributed by atoms with van der Waals surface area (Å²) in [6, 6.07) is 0. The third-order valence-electron chi connectivity index (χ3n) is 3.34. The fraction of sp³-hybridized carbons (Fsp3) is 0.615. The molecule has 1 atom stereocenters. The third kappa shape index (κ3) is 3.04. The molecule has 0 radical (unpaired) electrons. The van der Waals surface area contributed by atoms with Gasteiger partial charge in [-0.2, -0.15) is 0 Å².